The molecule has 0 saturated carbocycles. The monoisotopic (exact) mass is 578 g/mol. The number of carbonyl (C=O) groups is 2. The first kappa shape index (κ1) is 39.7. The van der Waals surface area contributed by atoms with E-state index in [-0.39, 0.29) is 25.8 Å². The SMILES string of the molecule is CCCCCCCCCCC=C(C=O)C(CCC)OCOCOC(CCC)C(C=O)=CCCCCCCCCCC. The minimum atomic E-state index is -0.255. The van der Waals surface area contributed by atoms with Crippen molar-refractivity contribution in [2.75, 3.05) is 13.6 Å². The van der Waals surface area contributed by atoms with Gasteiger partial charge in [-0.3, -0.25) is 9.59 Å². The third-order valence-corrected chi connectivity index (χ3v) is 7.70. The Balaban J connectivity index is 4.43. The number of hydrogen-bond donors (Lipinski definition) is 0. The average molecular weight is 579 g/mol. The predicted octanol–water partition coefficient (Wildman–Crippen LogP) is 10.6. The van der Waals surface area contributed by atoms with Gasteiger partial charge >= 0.3 is 0 Å². The fourth-order valence-electron chi connectivity index (χ4n) is 5.12. The second kappa shape index (κ2) is 31.6. The van der Waals surface area contributed by atoms with Crippen molar-refractivity contribution in [2.24, 2.45) is 0 Å². The van der Waals surface area contributed by atoms with Gasteiger partial charge in [0.2, 0.25) is 0 Å². The van der Waals surface area contributed by atoms with E-state index in [1.807, 2.05) is 12.2 Å². The average Bonchev–Trinajstić information content (AvgIpc) is 2.98. The molecule has 0 bridgehead atoms. The summed E-state index contributed by atoms with van der Waals surface area (Å²) in [6, 6.07) is 0. The lowest BCUT2D eigenvalue weighted by Crippen LogP contribution is -2.22. The standard InChI is InChI=1S/C36H66O5/c1-5-9-11-13-15-17-19-21-23-27-33(29-37)35(25-7-3)40-31-39-32-41-36(26-8-4)34(30-38)28-24-22-20-18-16-14-12-10-6-2/h27-30,35-36H,5-26,31-32H2,1-4H3. The Hall–Kier alpha value is -1.30. The van der Waals surface area contributed by atoms with Gasteiger partial charge in [-0.1, -0.05) is 143 Å². The van der Waals surface area contributed by atoms with Crippen LogP contribution in [0.4, 0.5) is 0 Å². The summed E-state index contributed by atoms with van der Waals surface area (Å²) in [5, 5.41) is 0. The Labute approximate surface area is 254 Å². The molecule has 0 N–H and O–H groups in total. The van der Waals surface area contributed by atoms with Crippen LogP contribution in [0.3, 0.4) is 0 Å². The van der Waals surface area contributed by atoms with Crippen molar-refractivity contribution in [3.05, 3.63) is 23.3 Å². The quantitative estimate of drug-likeness (QED) is 0.0344. The first-order valence-corrected chi connectivity index (χ1v) is 17.3. The highest BCUT2D eigenvalue weighted by atomic mass is 16.7. The molecule has 0 aliphatic heterocycles. The molecular formula is C36H66O5. The van der Waals surface area contributed by atoms with Crippen molar-refractivity contribution in [3.63, 3.8) is 0 Å². The Kier molecular flexibility index (Phi) is 30.6. The van der Waals surface area contributed by atoms with Gasteiger partial charge in [0.05, 0.1) is 12.2 Å². The van der Waals surface area contributed by atoms with Crippen LogP contribution in [-0.4, -0.2) is 38.4 Å². The van der Waals surface area contributed by atoms with E-state index in [4.69, 9.17) is 14.2 Å². The minimum Gasteiger partial charge on any atom is -0.347 e. The number of rotatable bonds is 32. The Morgan fingerprint density at radius 2 is 0.829 bits per heavy atom. The Morgan fingerprint density at radius 1 is 0.488 bits per heavy atom. The number of carbonyl (C=O) groups excluding carboxylic acids is 2. The van der Waals surface area contributed by atoms with Gasteiger partial charge in [-0.15, -0.1) is 0 Å². The van der Waals surface area contributed by atoms with Gasteiger partial charge in [0, 0.05) is 11.1 Å². The van der Waals surface area contributed by atoms with Gasteiger partial charge in [-0.25, -0.2) is 0 Å². The molecule has 0 saturated heterocycles. The molecule has 0 aromatic carbocycles. The summed E-state index contributed by atoms with van der Waals surface area (Å²) in [6.45, 7) is 8.81. The maximum absolute atomic E-state index is 11.8. The largest absolute Gasteiger partial charge is 0.347 e. The number of allylic oxidation sites excluding steroid dienone is 2. The van der Waals surface area contributed by atoms with Crippen LogP contribution in [0, 0.1) is 0 Å². The summed E-state index contributed by atoms with van der Waals surface area (Å²) in [4.78, 5) is 23.6. The summed E-state index contributed by atoms with van der Waals surface area (Å²) < 4.78 is 17.5. The van der Waals surface area contributed by atoms with E-state index < -0.39 is 0 Å². The van der Waals surface area contributed by atoms with Crippen LogP contribution >= 0.6 is 0 Å². The lowest BCUT2D eigenvalue weighted by atomic mass is 10.0. The molecular weight excluding hydrogens is 512 g/mol. The van der Waals surface area contributed by atoms with Crippen LogP contribution in [0.1, 0.15) is 169 Å². The van der Waals surface area contributed by atoms with E-state index in [0.717, 1.165) is 75.1 Å². The van der Waals surface area contributed by atoms with E-state index in [2.05, 4.69) is 27.7 Å². The summed E-state index contributed by atoms with van der Waals surface area (Å²) in [7, 11) is 0. The smallest absolute Gasteiger partial charge is 0.150 e. The maximum Gasteiger partial charge on any atom is 0.150 e. The normalized spacial score (nSPS) is 13.9. The number of aldehydes is 2. The molecule has 2 unspecified atom stereocenters. The van der Waals surface area contributed by atoms with Crippen molar-refractivity contribution < 1.29 is 23.8 Å². The molecule has 0 radical (unpaired) electrons. The van der Waals surface area contributed by atoms with Crippen molar-refractivity contribution in [2.45, 2.75) is 181 Å². The molecule has 0 aliphatic carbocycles. The van der Waals surface area contributed by atoms with Gasteiger partial charge in [-0.05, 0) is 38.5 Å². The predicted molar refractivity (Wildman–Crippen MR) is 173 cm³/mol. The number of hydrogen-bond acceptors (Lipinski definition) is 5. The highest BCUT2D eigenvalue weighted by Gasteiger charge is 2.16. The molecule has 0 spiro atoms. The summed E-state index contributed by atoms with van der Waals surface area (Å²) in [5.74, 6) is 0. The zero-order valence-electron chi connectivity index (χ0n) is 27.5. The molecule has 0 heterocycles. The minimum absolute atomic E-state index is 0.0604. The van der Waals surface area contributed by atoms with Crippen molar-refractivity contribution in [3.8, 4) is 0 Å². The van der Waals surface area contributed by atoms with Gasteiger partial charge in [0.25, 0.3) is 0 Å². The van der Waals surface area contributed by atoms with E-state index in [1.54, 1.807) is 0 Å². The summed E-state index contributed by atoms with van der Waals surface area (Å²) in [6.07, 6.45) is 31.1. The van der Waals surface area contributed by atoms with E-state index in [1.165, 1.54) is 89.9 Å². The Morgan fingerprint density at radius 3 is 1.15 bits per heavy atom. The molecule has 0 aromatic rings. The highest BCUT2D eigenvalue weighted by molar-refractivity contribution is 5.75. The molecule has 2 atom stereocenters. The number of ether oxygens (including phenoxy) is 3. The zero-order valence-corrected chi connectivity index (χ0v) is 27.5. The van der Waals surface area contributed by atoms with Gasteiger partial charge in [-0.2, -0.15) is 0 Å². The van der Waals surface area contributed by atoms with Gasteiger partial charge in [0.1, 0.15) is 26.2 Å². The molecule has 0 aromatic heterocycles. The highest BCUT2D eigenvalue weighted by Crippen LogP contribution is 2.17. The molecule has 41 heavy (non-hydrogen) atoms. The summed E-state index contributed by atoms with van der Waals surface area (Å²) in [5.41, 5.74) is 1.44. The summed E-state index contributed by atoms with van der Waals surface area (Å²) >= 11 is 0. The lowest BCUT2D eigenvalue weighted by molar-refractivity contribution is -0.156. The molecule has 0 rings (SSSR count). The topological polar surface area (TPSA) is 61.8 Å². The molecule has 0 aliphatic rings. The van der Waals surface area contributed by atoms with Crippen molar-refractivity contribution in [1.82, 2.24) is 0 Å². The fourth-order valence-corrected chi connectivity index (χ4v) is 5.12. The first-order chi connectivity index (χ1) is 20.2. The lowest BCUT2D eigenvalue weighted by Gasteiger charge is -2.20. The zero-order chi connectivity index (χ0) is 30.2. The van der Waals surface area contributed by atoms with E-state index in [0.29, 0.717) is 0 Å². The third-order valence-electron chi connectivity index (χ3n) is 7.70. The molecule has 240 valence electrons. The van der Waals surface area contributed by atoms with Crippen LogP contribution in [0.25, 0.3) is 0 Å². The van der Waals surface area contributed by atoms with Crippen LogP contribution < -0.4 is 0 Å². The van der Waals surface area contributed by atoms with Crippen molar-refractivity contribution >= 4 is 12.6 Å². The molecule has 0 fully saturated rings. The maximum atomic E-state index is 11.8. The first-order valence-electron chi connectivity index (χ1n) is 17.3. The van der Waals surface area contributed by atoms with Crippen LogP contribution in [0.15, 0.2) is 23.3 Å². The Bertz CT molecular complexity index is 588. The van der Waals surface area contributed by atoms with Crippen LogP contribution in [0.2, 0.25) is 0 Å². The molecule has 5 nitrogen and oxygen atoms in total. The van der Waals surface area contributed by atoms with Crippen LogP contribution in [-0.2, 0) is 23.8 Å². The van der Waals surface area contributed by atoms with Crippen molar-refractivity contribution in [1.29, 1.82) is 0 Å². The van der Waals surface area contributed by atoms with Gasteiger partial charge < -0.3 is 14.2 Å². The van der Waals surface area contributed by atoms with Gasteiger partial charge in [0.15, 0.2) is 0 Å². The second-order valence-electron chi connectivity index (χ2n) is 11.5. The fraction of sp³-hybridized carbons (Fsp3) is 0.833. The second-order valence-corrected chi connectivity index (χ2v) is 11.5. The third kappa shape index (κ3) is 23.9. The molecule has 5 heteroatoms. The van der Waals surface area contributed by atoms with E-state index in [9.17, 15) is 9.59 Å². The van der Waals surface area contributed by atoms with Crippen LogP contribution in [0.5, 0.6) is 0 Å². The van der Waals surface area contributed by atoms with E-state index >= 15 is 0 Å². The number of unbranched alkanes of at least 4 members (excludes halogenated alkanes) is 16. The molecule has 0 amide bonds.